The number of ether oxygens (including phenoxy) is 1. The van der Waals surface area contributed by atoms with Crippen molar-refractivity contribution in [3.63, 3.8) is 0 Å². The van der Waals surface area contributed by atoms with E-state index in [1.165, 1.54) is 5.56 Å². The molecule has 4 rings (SSSR count). The Morgan fingerprint density at radius 3 is 2.19 bits per heavy atom. The highest BCUT2D eigenvalue weighted by Crippen LogP contribution is 2.18. The van der Waals surface area contributed by atoms with Crippen LogP contribution >= 0.6 is 0 Å². The van der Waals surface area contributed by atoms with Crippen molar-refractivity contribution in [2.45, 2.75) is 13.1 Å². The highest BCUT2D eigenvalue weighted by Gasteiger charge is 2.19. The van der Waals surface area contributed by atoms with Gasteiger partial charge in [-0.15, -0.1) is 10.2 Å². The number of rotatable bonds is 6. The molecule has 140 valence electrons. The summed E-state index contributed by atoms with van der Waals surface area (Å²) >= 11 is 0. The van der Waals surface area contributed by atoms with Crippen molar-refractivity contribution in [2.75, 3.05) is 33.3 Å². The van der Waals surface area contributed by atoms with Crippen LogP contribution in [0.2, 0.25) is 0 Å². The zero-order chi connectivity index (χ0) is 18.5. The Kier molecular flexibility index (Phi) is 5.46. The van der Waals surface area contributed by atoms with Gasteiger partial charge in [-0.2, -0.15) is 0 Å². The molecule has 0 radical (unpaired) electrons. The topological polar surface area (TPSA) is 54.6 Å². The first-order chi connectivity index (χ1) is 13.3. The maximum absolute atomic E-state index is 5.83. The standard InChI is InChI=1S/C21H24N4O2/c1-26-19-9-7-17(8-10-19)15-24-11-13-25(14-12-24)16-20-22-23-21(27-20)18-5-3-2-4-6-18/h2-10H,11-16H2,1H3. The van der Waals surface area contributed by atoms with Gasteiger partial charge in [0.15, 0.2) is 0 Å². The van der Waals surface area contributed by atoms with Crippen LogP contribution in [-0.4, -0.2) is 53.3 Å². The van der Waals surface area contributed by atoms with E-state index in [4.69, 9.17) is 9.15 Å². The van der Waals surface area contributed by atoms with Gasteiger partial charge in [-0.05, 0) is 29.8 Å². The van der Waals surface area contributed by atoms with Crippen molar-refractivity contribution < 1.29 is 9.15 Å². The Morgan fingerprint density at radius 2 is 1.52 bits per heavy atom. The average Bonchev–Trinajstić information content (AvgIpc) is 3.19. The van der Waals surface area contributed by atoms with Gasteiger partial charge in [-0.1, -0.05) is 30.3 Å². The molecular formula is C21H24N4O2. The largest absolute Gasteiger partial charge is 0.497 e. The molecule has 0 spiro atoms. The fourth-order valence-electron chi connectivity index (χ4n) is 3.30. The van der Waals surface area contributed by atoms with Crippen LogP contribution in [-0.2, 0) is 13.1 Å². The lowest BCUT2D eigenvalue weighted by Gasteiger charge is -2.33. The lowest BCUT2D eigenvalue weighted by molar-refractivity contribution is 0.114. The molecule has 27 heavy (non-hydrogen) atoms. The lowest BCUT2D eigenvalue weighted by atomic mass is 10.2. The smallest absolute Gasteiger partial charge is 0.247 e. The highest BCUT2D eigenvalue weighted by molar-refractivity contribution is 5.51. The molecule has 2 aromatic carbocycles. The molecule has 0 bridgehead atoms. The summed E-state index contributed by atoms with van der Waals surface area (Å²) in [5.41, 5.74) is 2.27. The Balaban J connectivity index is 1.27. The summed E-state index contributed by atoms with van der Waals surface area (Å²) in [6.45, 7) is 5.74. The summed E-state index contributed by atoms with van der Waals surface area (Å²) in [4.78, 5) is 4.84. The van der Waals surface area contributed by atoms with E-state index in [9.17, 15) is 0 Å². The molecule has 1 aromatic heterocycles. The van der Waals surface area contributed by atoms with Gasteiger partial charge in [0.05, 0.1) is 13.7 Å². The Morgan fingerprint density at radius 1 is 0.852 bits per heavy atom. The van der Waals surface area contributed by atoms with Gasteiger partial charge < -0.3 is 9.15 Å². The van der Waals surface area contributed by atoms with E-state index < -0.39 is 0 Å². The van der Waals surface area contributed by atoms with Crippen LogP contribution in [0.15, 0.2) is 59.0 Å². The molecule has 0 atom stereocenters. The number of aromatic nitrogens is 2. The van der Waals surface area contributed by atoms with Crippen molar-refractivity contribution in [3.8, 4) is 17.2 Å². The van der Waals surface area contributed by atoms with Gasteiger partial charge in [0, 0.05) is 38.3 Å². The Hall–Kier alpha value is -2.70. The minimum atomic E-state index is 0.587. The van der Waals surface area contributed by atoms with Gasteiger partial charge >= 0.3 is 0 Å². The van der Waals surface area contributed by atoms with E-state index in [2.05, 4.69) is 32.1 Å². The summed E-state index contributed by atoms with van der Waals surface area (Å²) in [7, 11) is 1.69. The van der Waals surface area contributed by atoms with E-state index in [0.717, 1.165) is 44.0 Å². The number of hydrogen-bond acceptors (Lipinski definition) is 6. The fourth-order valence-corrected chi connectivity index (χ4v) is 3.30. The minimum absolute atomic E-state index is 0.587. The van der Waals surface area contributed by atoms with Crippen LogP contribution in [0.5, 0.6) is 5.75 Å². The third-order valence-electron chi connectivity index (χ3n) is 4.88. The molecule has 2 heterocycles. The molecule has 3 aromatic rings. The highest BCUT2D eigenvalue weighted by atomic mass is 16.5. The predicted molar refractivity (Wildman–Crippen MR) is 103 cm³/mol. The zero-order valence-electron chi connectivity index (χ0n) is 15.5. The molecule has 1 aliphatic rings. The van der Waals surface area contributed by atoms with Crippen LogP contribution in [0.1, 0.15) is 11.5 Å². The zero-order valence-corrected chi connectivity index (χ0v) is 15.5. The number of benzene rings is 2. The monoisotopic (exact) mass is 364 g/mol. The van der Waals surface area contributed by atoms with Crippen molar-refractivity contribution in [1.29, 1.82) is 0 Å². The third-order valence-corrected chi connectivity index (χ3v) is 4.88. The lowest BCUT2D eigenvalue weighted by Crippen LogP contribution is -2.45. The maximum Gasteiger partial charge on any atom is 0.247 e. The SMILES string of the molecule is COc1ccc(CN2CCN(Cc3nnc(-c4ccccc4)o3)CC2)cc1. The van der Waals surface area contributed by atoms with E-state index in [1.807, 2.05) is 42.5 Å². The van der Waals surface area contributed by atoms with E-state index in [1.54, 1.807) is 7.11 Å². The fraction of sp³-hybridized carbons (Fsp3) is 0.333. The number of methoxy groups -OCH3 is 1. The van der Waals surface area contributed by atoms with Crippen LogP contribution < -0.4 is 4.74 Å². The van der Waals surface area contributed by atoms with Crippen LogP contribution in [0.25, 0.3) is 11.5 Å². The van der Waals surface area contributed by atoms with Gasteiger partial charge in [0.25, 0.3) is 0 Å². The van der Waals surface area contributed by atoms with Crippen molar-refractivity contribution in [2.24, 2.45) is 0 Å². The second kappa shape index (κ2) is 8.33. The quantitative estimate of drug-likeness (QED) is 0.670. The van der Waals surface area contributed by atoms with Crippen molar-refractivity contribution in [1.82, 2.24) is 20.0 Å². The van der Waals surface area contributed by atoms with E-state index >= 15 is 0 Å². The van der Waals surface area contributed by atoms with Crippen molar-refractivity contribution in [3.05, 3.63) is 66.1 Å². The molecule has 1 fully saturated rings. The van der Waals surface area contributed by atoms with Gasteiger partial charge in [-0.3, -0.25) is 9.80 Å². The Labute approximate surface area is 159 Å². The second-order valence-corrected chi connectivity index (χ2v) is 6.77. The molecule has 0 aliphatic carbocycles. The number of nitrogens with zero attached hydrogens (tertiary/aromatic N) is 4. The summed E-state index contributed by atoms with van der Waals surface area (Å²) in [5.74, 6) is 2.17. The molecule has 6 nitrogen and oxygen atoms in total. The van der Waals surface area contributed by atoms with E-state index in [0.29, 0.717) is 18.3 Å². The van der Waals surface area contributed by atoms with Crippen LogP contribution in [0, 0.1) is 0 Å². The first kappa shape index (κ1) is 17.7. The maximum atomic E-state index is 5.83. The molecule has 0 amide bonds. The van der Waals surface area contributed by atoms with Gasteiger partial charge in [-0.25, -0.2) is 0 Å². The van der Waals surface area contributed by atoms with E-state index in [-0.39, 0.29) is 0 Å². The predicted octanol–water partition coefficient (Wildman–Crippen LogP) is 3.06. The second-order valence-electron chi connectivity index (χ2n) is 6.77. The summed E-state index contributed by atoms with van der Waals surface area (Å²) < 4.78 is 11.0. The third kappa shape index (κ3) is 4.53. The normalized spacial score (nSPS) is 15.7. The summed E-state index contributed by atoms with van der Waals surface area (Å²) in [6, 6.07) is 18.2. The summed E-state index contributed by atoms with van der Waals surface area (Å²) in [5, 5.41) is 8.38. The molecule has 6 heteroatoms. The first-order valence-electron chi connectivity index (χ1n) is 9.25. The number of hydrogen-bond donors (Lipinski definition) is 0. The molecule has 0 unspecified atom stereocenters. The Bertz CT molecular complexity index is 840. The molecule has 0 saturated carbocycles. The van der Waals surface area contributed by atoms with Crippen molar-refractivity contribution >= 4 is 0 Å². The molecule has 1 aliphatic heterocycles. The molecule has 0 N–H and O–H groups in total. The molecule has 1 saturated heterocycles. The van der Waals surface area contributed by atoms with Gasteiger partial charge in [0.1, 0.15) is 5.75 Å². The van der Waals surface area contributed by atoms with Gasteiger partial charge in [0.2, 0.25) is 11.8 Å². The first-order valence-corrected chi connectivity index (χ1v) is 9.25. The number of piperazine rings is 1. The average molecular weight is 364 g/mol. The van der Waals surface area contributed by atoms with Crippen LogP contribution in [0.4, 0.5) is 0 Å². The minimum Gasteiger partial charge on any atom is -0.497 e. The molecular weight excluding hydrogens is 340 g/mol. The summed E-state index contributed by atoms with van der Waals surface area (Å²) in [6.07, 6.45) is 0. The van der Waals surface area contributed by atoms with Crippen LogP contribution in [0.3, 0.4) is 0 Å².